The third-order valence-electron chi connectivity index (χ3n) is 4.16. The van der Waals surface area contributed by atoms with Crippen LogP contribution < -0.4 is 10.2 Å². The van der Waals surface area contributed by atoms with Gasteiger partial charge in [0.1, 0.15) is 17.5 Å². The van der Waals surface area contributed by atoms with Gasteiger partial charge >= 0.3 is 5.97 Å². The second-order valence-corrected chi connectivity index (χ2v) is 7.20. The van der Waals surface area contributed by atoms with Crippen molar-refractivity contribution in [1.29, 1.82) is 5.26 Å². The van der Waals surface area contributed by atoms with Crippen LogP contribution in [0.4, 0.5) is 20.9 Å². The number of aromatic nitrogens is 1. The van der Waals surface area contributed by atoms with Crippen molar-refractivity contribution in [3.05, 3.63) is 76.6 Å². The number of nitrogens with one attached hydrogen (secondary N) is 1. The Morgan fingerprint density at radius 2 is 1.88 bits per heavy atom. The van der Waals surface area contributed by atoms with Gasteiger partial charge in [0.15, 0.2) is 5.13 Å². The number of carboxylic acid groups (broad SMARTS) is 1. The number of carboxylic acids is 1. The number of carbonyl (C=O) groups is 3. The van der Waals surface area contributed by atoms with E-state index in [1.165, 1.54) is 60.8 Å². The van der Waals surface area contributed by atoms with Crippen LogP contribution in [0.2, 0.25) is 0 Å². The van der Waals surface area contributed by atoms with E-state index in [-0.39, 0.29) is 27.6 Å². The maximum atomic E-state index is 14.2. The summed E-state index contributed by atoms with van der Waals surface area (Å²) in [6.45, 7) is 1.27. The van der Waals surface area contributed by atoms with Crippen LogP contribution in [-0.2, 0) is 9.59 Å². The SMILES string of the molecule is CC(=O)N(c1nc(/C=C(\C#N)C(=O)Nc2ccc(C(=O)O)cc2)cs1)c1ccccc1F. The quantitative estimate of drug-likeness (QED) is 0.428. The minimum atomic E-state index is -1.10. The van der Waals surface area contributed by atoms with Crippen LogP contribution in [0.25, 0.3) is 6.08 Å². The van der Waals surface area contributed by atoms with Crippen LogP contribution >= 0.6 is 11.3 Å². The predicted octanol–water partition coefficient (Wildman–Crippen LogP) is 4.21. The van der Waals surface area contributed by atoms with E-state index in [1.54, 1.807) is 12.1 Å². The number of hydrogen-bond donors (Lipinski definition) is 2. The summed E-state index contributed by atoms with van der Waals surface area (Å²) in [7, 11) is 0. The van der Waals surface area contributed by atoms with Crippen LogP contribution in [0.1, 0.15) is 23.0 Å². The fourth-order valence-electron chi connectivity index (χ4n) is 2.68. The lowest BCUT2D eigenvalue weighted by Gasteiger charge is -2.18. The monoisotopic (exact) mass is 450 g/mol. The molecule has 0 atom stereocenters. The van der Waals surface area contributed by atoms with Crippen molar-refractivity contribution in [2.24, 2.45) is 0 Å². The van der Waals surface area contributed by atoms with Crippen molar-refractivity contribution in [3.63, 3.8) is 0 Å². The van der Waals surface area contributed by atoms with E-state index in [9.17, 15) is 24.0 Å². The first kappa shape index (κ1) is 22.3. The van der Waals surface area contributed by atoms with E-state index in [4.69, 9.17) is 5.11 Å². The van der Waals surface area contributed by atoms with E-state index >= 15 is 0 Å². The molecule has 0 radical (unpaired) electrons. The Balaban J connectivity index is 1.83. The number of anilines is 3. The maximum absolute atomic E-state index is 14.2. The Kier molecular flexibility index (Phi) is 6.72. The molecule has 3 aromatic rings. The van der Waals surface area contributed by atoms with Gasteiger partial charge in [-0.25, -0.2) is 14.2 Å². The standard InChI is InChI=1S/C22H15FN4O4S/c1-13(28)27(19-5-3-2-4-18(19)23)22-26-17(12-32-22)10-15(11-24)20(29)25-16-8-6-14(7-9-16)21(30)31/h2-10,12H,1H3,(H,25,29)(H,30,31)/b15-10+. The Bertz CT molecular complexity index is 1260. The molecule has 2 N–H and O–H groups in total. The fourth-order valence-corrected chi connectivity index (χ4v) is 3.51. The van der Waals surface area contributed by atoms with E-state index in [0.29, 0.717) is 5.69 Å². The van der Waals surface area contributed by atoms with Crippen LogP contribution in [0.15, 0.2) is 59.5 Å². The van der Waals surface area contributed by atoms with Gasteiger partial charge < -0.3 is 10.4 Å². The maximum Gasteiger partial charge on any atom is 0.335 e. The summed E-state index contributed by atoms with van der Waals surface area (Å²) in [5.74, 6) is -2.87. The molecule has 0 saturated carbocycles. The number of thiazole rings is 1. The van der Waals surface area contributed by atoms with Gasteiger partial charge in [-0.3, -0.25) is 14.5 Å². The van der Waals surface area contributed by atoms with Gasteiger partial charge in [0.2, 0.25) is 5.91 Å². The molecule has 2 amide bonds. The summed E-state index contributed by atoms with van der Waals surface area (Å²) in [4.78, 5) is 40.8. The molecule has 1 heterocycles. The highest BCUT2D eigenvalue weighted by Crippen LogP contribution is 2.31. The first-order valence-corrected chi connectivity index (χ1v) is 9.95. The second-order valence-electron chi connectivity index (χ2n) is 6.37. The van der Waals surface area contributed by atoms with Crippen molar-refractivity contribution in [1.82, 2.24) is 4.98 Å². The van der Waals surface area contributed by atoms with Crippen molar-refractivity contribution in [2.45, 2.75) is 6.92 Å². The van der Waals surface area contributed by atoms with Crippen molar-refractivity contribution < 1.29 is 23.9 Å². The van der Waals surface area contributed by atoms with Gasteiger partial charge in [0.25, 0.3) is 5.91 Å². The highest BCUT2D eigenvalue weighted by Gasteiger charge is 2.21. The molecule has 0 spiro atoms. The molecular weight excluding hydrogens is 435 g/mol. The topological polar surface area (TPSA) is 123 Å². The van der Waals surface area contributed by atoms with Gasteiger partial charge in [-0.1, -0.05) is 12.1 Å². The molecule has 0 bridgehead atoms. The molecule has 2 aromatic carbocycles. The molecule has 0 saturated heterocycles. The largest absolute Gasteiger partial charge is 0.478 e. The molecule has 3 rings (SSSR count). The Morgan fingerprint density at radius 3 is 2.47 bits per heavy atom. The minimum Gasteiger partial charge on any atom is -0.478 e. The molecule has 8 nitrogen and oxygen atoms in total. The Labute approximate surface area is 185 Å². The number of halogens is 1. The second kappa shape index (κ2) is 9.63. The van der Waals surface area contributed by atoms with Crippen LogP contribution in [-0.4, -0.2) is 27.9 Å². The smallest absolute Gasteiger partial charge is 0.335 e. The zero-order chi connectivity index (χ0) is 23.3. The van der Waals surface area contributed by atoms with Gasteiger partial charge in [0.05, 0.1) is 16.9 Å². The summed E-state index contributed by atoms with van der Waals surface area (Å²) >= 11 is 1.05. The average molecular weight is 450 g/mol. The van der Waals surface area contributed by atoms with Crippen molar-refractivity contribution in [2.75, 3.05) is 10.2 Å². The molecule has 1 aromatic heterocycles. The lowest BCUT2D eigenvalue weighted by molar-refractivity contribution is -0.116. The summed E-state index contributed by atoms with van der Waals surface area (Å²) < 4.78 is 14.2. The van der Waals surface area contributed by atoms with E-state index in [1.807, 2.05) is 0 Å². The normalized spacial score (nSPS) is 10.8. The lowest BCUT2D eigenvalue weighted by Crippen LogP contribution is -2.23. The number of para-hydroxylation sites is 1. The van der Waals surface area contributed by atoms with Gasteiger partial charge in [-0.05, 0) is 42.5 Å². The van der Waals surface area contributed by atoms with Gasteiger partial charge in [-0.2, -0.15) is 5.26 Å². The van der Waals surface area contributed by atoms with Crippen molar-refractivity contribution >= 4 is 51.7 Å². The summed E-state index contributed by atoms with van der Waals surface area (Å²) in [6, 6.07) is 13.0. The summed E-state index contributed by atoms with van der Waals surface area (Å²) in [5.41, 5.74) is 0.374. The number of nitrogens with zero attached hydrogens (tertiary/aromatic N) is 3. The molecule has 32 heavy (non-hydrogen) atoms. The Hall–Kier alpha value is -4.36. The highest BCUT2D eigenvalue weighted by atomic mass is 32.1. The molecule has 160 valence electrons. The number of nitriles is 1. The van der Waals surface area contributed by atoms with Crippen LogP contribution in [0.3, 0.4) is 0 Å². The number of amides is 2. The fraction of sp³-hybridized carbons (Fsp3) is 0.0455. The molecule has 0 aliphatic rings. The molecular formula is C22H15FN4O4S. The predicted molar refractivity (Wildman–Crippen MR) is 117 cm³/mol. The third kappa shape index (κ3) is 5.03. The third-order valence-corrected chi connectivity index (χ3v) is 5.00. The molecule has 0 fully saturated rings. The van der Waals surface area contributed by atoms with Crippen LogP contribution in [0.5, 0.6) is 0 Å². The number of hydrogen-bond acceptors (Lipinski definition) is 6. The molecule has 0 unspecified atom stereocenters. The number of aromatic carboxylic acids is 1. The lowest BCUT2D eigenvalue weighted by atomic mass is 10.2. The Morgan fingerprint density at radius 1 is 1.19 bits per heavy atom. The van der Waals surface area contributed by atoms with E-state index in [2.05, 4.69) is 10.3 Å². The van der Waals surface area contributed by atoms with Crippen molar-refractivity contribution in [3.8, 4) is 6.07 Å². The first-order valence-electron chi connectivity index (χ1n) is 9.07. The summed E-state index contributed by atoms with van der Waals surface area (Å²) in [5, 5.41) is 22.5. The van der Waals surface area contributed by atoms with Gasteiger partial charge in [0, 0.05) is 18.0 Å². The zero-order valence-electron chi connectivity index (χ0n) is 16.6. The number of benzene rings is 2. The van der Waals surface area contributed by atoms with E-state index in [0.717, 1.165) is 16.2 Å². The molecule has 0 aliphatic carbocycles. The summed E-state index contributed by atoms with van der Waals surface area (Å²) in [6.07, 6.45) is 1.24. The number of carbonyl (C=O) groups excluding carboxylic acids is 2. The van der Waals surface area contributed by atoms with E-state index < -0.39 is 23.6 Å². The highest BCUT2D eigenvalue weighted by molar-refractivity contribution is 7.14. The minimum absolute atomic E-state index is 0.0351. The first-order chi connectivity index (χ1) is 15.3. The number of rotatable bonds is 6. The average Bonchev–Trinajstić information content (AvgIpc) is 3.21. The zero-order valence-corrected chi connectivity index (χ0v) is 17.4. The molecule has 10 heteroatoms. The molecule has 0 aliphatic heterocycles. The van der Waals surface area contributed by atoms with Crippen LogP contribution in [0, 0.1) is 17.1 Å². The van der Waals surface area contributed by atoms with Gasteiger partial charge in [-0.15, -0.1) is 11.3 Å².